The summed E-state index contributed by atoms with van der Waals surface area (Å²) in [5.74, 6) is 0.212. The lowest BCUT2D eigenvalue weighted by atomic mass is 10.1. The Morgan fingerprint density at radius 2 is 1.76 bits per heavy atom. The Bertz CT molecular complexity index is 511. The Morgan fingerprint density at radius 1 is 1.06 bits per heavy atom. The van der Waals surface area contributed by atoms with Crippen LogP contribution in [-0.2, 0) is 4.79 Å². The minimum atomic E-state index is -0.271. The highest BCUT2D eigenvalue weighted by atomic mass is 19.1. The van der Waals surface area contributed by atoms with Crippen molar-refractivity contribution in [2.24, 2.45) is 0 Å². The highest BCUT2D eigenvalue weighted by molar-refractivity contribution is 5.64. The van der Waals surface area contributed by atoms with Crippen LogP contribution in [0.2, 0.25) is 0 Å². The SMILES string of the molecule is O=CNOc1ccc(-c2ccccc2F)cc1. The molecule has 2 aromatic rings. The third-order valence-electron chi connectivity index (χ3n) is 2.26. The molecule has 0 bridgehead atoms. The molecule has 0 spiro atoms. The predicted molar refractivity (Wildman–Crippen MR) is 61.7 cm³/mol. The second kappa shape index (κ2) is 5.12. The minimum Gasteiger partial charge on any atom is -0.380 e. The number of hydroxylamine groups is 1. The van der Waals surface area contributed by atoms with Gasteiger partial charge in [0.1, 0.15) is 5.82 Å². The Morgan fingerprint density at radius 3 is 2.41 bits per heavy atom. The molecule has 0 aromatic heterocycles. The normalized spacial score (nSPS) is 9.71. The summed E-state index contributed by atoms with van der Waals surface area (Å²) in [4.78, 5) is 14.9. The molecular weight excluding hydrogens is 221 g/mol. The number of hydrogen-bond donors (Lipinski definition) is 1. The van der Waals surface area contributed by atoms with Crippen molar-refractivity contribution >= 4 is 6.41 Å². The third kappa shape index (κ3) is 2.60. The first-order chi connectivity index (χ1) is 8.31. The van der Waals surface area contributed by atoms with Gasteiger partial charge in [-0.05, 0) is 23.8 Å². The van der Waals surface area contributed by atoms with Gasteiger partial charge >= 0.3 is 0 Å². The standard InChI is InChI=1S/C13H10FNO2/c14-13-4-2-1-3-12(13)10-5-7-11(8-6-10)17-15-9-16/h1-9H,(H,15,16). The van der Waals surface area contributed by atoms with Crippen molar-refractivity contribution in [3.63, 3.8) is 0 Å². The molecule has 0 saturated carbocycles. The van der Waals surface area contributed by atoms with E-state index >= 15 is 0 Å². The summed E-state index contributed by atoms with van der Waals surface area (Å²) < 4.78 is 13.5. The van der Waals surface area contributed by atoms with E-state index in [1.54, 1.807) is 42.5 Å². The number of hydrogen-bond acceptors (Lipinski definition) is 2. The summed E-state index contributed by atoms with van der Waals surface area (Å²) >= 11 is 0. The summed E-state index contributed by atoms with van der Waals surface area (Å²) in [5.41, 5.74) is 3.36. The largest absolute Gasteiger partial charge is 0.380 e. The maximum absolute atomic E-state index is 13.5. The predicted octanol–water partition coefficient (Wildman–Crippen LogP) is 2.53. The Hall–Kier alpha value is -2.36. The van der Waals surface area contributed by atoms with Crippen molar-refractivity contribution in [2.45, 2.75) is 0 Å². The zero-order valence-corrected chi connectivity index (χ0v) is 8.89. The maximum Gasteiger partial charge on any atom is 0.239 e. The van der Waals surface area contributed by atoms with Crippen molar-refractivity contribution in [1.29, 1.82) is 0 Å². The van der Waals surface area contributed by atoms with Gasteiger partial charge in [-0.2, -0.15) is 5.48 Å². The van der Waals surface area contributed by atoms with Gasteiger partial charge in [-0.1, -0.05) is 30.3 Å². The summed E-state index contributed by atoms with van der Waals surface area (Å²) in [6, 6.07) is 13.3. The molecule has 4 heteroatoms. The van der Waals surface area contributed by atoms with Crippen LogP contribution in [-0.4, -0.2) is 6.41 Å². The van der Waals surface area contributed by atoms with Gasteiger partial charge in [-0.15, -0.1) is 0 Å². The first kappa shape index (κ1) is 11.1. The summed E-state index contributed by atoms with van der Waals surface area (Å²) in [5, 5.41) is 0. The number of amides is 1. The smallest absolute Gasteiger partial charge is 0.239 e. The van der Waals surface area contributed by atoms with Crippen LogP contribution in [0, 0.1) is 5.82 Å². The molecule has 0 aliphatic heterocycles. The van der Waals surface area contributed by atoms with E-state index in [2.05, 4.69) is 5.48 Å². The molecule has 0 aliphatic rings. The molecule has 0 aliphatic carbocycles. The van der Waals surface area contributed by atoms with Gasteiger partial charge < -0.3 is 4.84 Å². The van der Waals surface area contributed by atoms with Crippen LogP contribution in [0.4, 0.5) is 4.39 Å². The van der Waals surface area contributed by atoms with Gasteiger partial charge in [0.25, 0.3) is 0 Å². The number of carbonyl (C=O) groups is 1. The first-order valence-electron chi connectivity index (χ1n) is 5.02. The van der Waals surface area contributed by atoms with Gasteiger partial charge in [0.2, 0.25) is 6.41 Å². The fourth-order valence-corrected chi connectivity index (χ4v) is 1.49. The van der Waals surface area contributed by atoms with E-state index in [4.69, 9.17) is 4.84 Å². The lowest BCUT2D eigenvalue weighted by Crippen LogP contribution is -2.15. The third-order valence-corrected chi connectivity index (χ3v) is 2.26. The highest BCUT2D eigenvalue weighted by Crippen LogP contribution is 2.24. The molecule has 0 heterocycles. The minimum absolute atomic E-state index is 0.271. The molecule has 0 atom stereocenters. The number of rotatable bonds is 4. The van der Waals surface area contributed by atoms with Crippen molar-refractivity contribution in [3.05, 3.63) is 54.3 Å². The maximum atomic E-state index is 13.5. The second-order valence-electron chi connectivity index (χ2n) is 3.34. The highest BCUT2D eigenvalue weighted by Gasteiger charge is 2.03. The van der Waals surface area contributed by atoms with E-state index < -0.39 is 0 Å². The molecule has 17 heavy (non-hydrogen) atoms. The molecule has 2 rings (SSSR count). The molecule has 1 amide bonds. The molecule has 1 N–H and O–H groups in total. The van der Waals surface area contributed by atoms with E-state index in [1.807, 2.05) is 0 Å². The van der Waals surface area contributed by atoms with Crippen LogP contribution < -0.4 is 10.3 Å². The Balaban J connectivity index is 2.23. The fraction of sp³-hybridized carbons (Fsp3) is 0. The van der Waals surface area contributed by atoms with Crippen LogP contribution in [0.15, 0.2) is 48.5 Å². The summed E-state index contributed by atoms with van der Waals surface area (Å²) in [6.45, 7) is 0. The van der Waals surface area contributed by atoms with Crippen molar-refractivity contribution in [2.75, 3.05) is 0 Å². The molecule has 0 unspecified atom stereocenters. The van der Waals surface area contributed by atoms with Crippen LogP contribution in [0.5, 0.6) is 5.75 Å². The zero-order valence-electron chi connectivity index (χ0n) is 8.89. The van der Waals surface area contributed by atoms with Crippen LogP contribution in [0.3, 0.4) is 0 Å². The molecule has 2 aromatic carbocycles. The topological polar surface area (TPSA) is 38.3 Å². The average Bonchev–Trinajstić information content (AvgIpc) is 2.38. The lowest BCUT2D eigenvalue weighted by Gasteiger charge is -2.05. The van der Waals surface area contributed by atoms with Gasteiger partial charge in [-0.3, -0.25) is 4.79 Å². The van der Waals surface area contributed by atoms with Crippen LogP contribution in [0.1, 0.15) is 0 Å². The van der Waals surface area contributed by atoms with Gasteiger partial charge in [0.15, 0.2) is 5.75 Å². The van der Waals surface area contributed by atoms with Crippen LogP contribution >= 0.6 is 0 Å². The van der Waals surface area contributed by atoms with Gasteiger partial charge in [0.05, 0.1) is 0 Å². The van der Waals surface area contributed by atoms with E-state index in [0.717, 1.165) is 5.56 Å². The van der Waals surface area contributed by atoms with Gasteiger partial charge in [0, 0.05) is 5.56 Å². The molecular formula is C13H10FNO2. The van der Waals surface area contributed by atoms with Crippen molar-refractivity contribution < 1.29 is 14.0 Å². The molecule has 3 nitrogen and oxygen atoms in total. The molecule has 86 valence electrons. The van der Waals surface area contributed by atoms with E-state index in [9.17, 15) is 9.18 Å². The van der Waals surface area contributed by atoms with Crippen LogP contribution in [0.25, 0.3) is 11.1 Å². The number of halogens is 1. The monoisotopic (exact) mass is 231 g/mol. The zero-order chi connectivity index (χ0) is 12.1. The summed E-state index contributed by atoms with van der Waals surface area (Å²) in [6.07, 6.45) is 0.435. The molecule has 0 saturated heterocycles. The van der Waals surface area contributed by atoms with Crippen molar-refractivity contribution in [1.82, 2.24) is 5.48 Å². The number of carbonyl (C=O) groups excluding carboxylic acids is 1. The Labute approximate surface area is 97.8 Å². The number of nitrogens with one attached hydrogen (secondary N) is 1. The second-order valence-corrected chi connectivity index (χ2v) is 3.34. The molecule has 0 radical (unpaired) electrons. The molecule has 0 fully saturated rings. The first-order valence-corrected chi connectivity index (χ1v) is 5.02. The Kier molecular flexibility index (Phi) is 3.35. The van der Waals surface area contributed by atoms with E-state index in [-0.39, 0.29) is 5.82 Å². The lowest BCUT2D eigenvalue weighted by molar-refractivity contribution is -0.115. The van der Waals surface area contributed by atoms with E-state index in [1.165, 1.54) is 6.07 Å². The van der Waals surface area contributed by atoms with E-state index in [0.29, 0.717) is 17.7 Å². The fourth-order valence-electron chi connectivity index (χ4n) is 1.49. The number of benzene rings is 2. The average molecular weight is 231 g/mol. The van der Waals surface area contributed by atoms with Crippen molar-refractivity contribution in [3.8, 4) is 16.9 Å². The summed E-state index contributed by atoms with van der Waals surface area (Å²) in [7, 11) is 0. The quantitative estimate of drug-likeness (QED) is 0.648. The van der Waals surface area contributed by atoms with Gasteiger partial charge in [-0.25, -0.2) is 4.39 Å².